The summed E-state index contributed by atoms with van der Waals surface area (Å²) < 4.78 is 0. The largest absolute Gasteiger partial charge is 0.342 e. The van der Waals surface area contributed by atoms with Crippen molar-refractivity contribution >= 4 is 29.3 Å². The van der Waals surface area contributed by atoms with Crippen molar-refractivity contribution in [2.24, 2.45) is 5.92 Å². The third-order valence-corrected chi connectivity index (χ3v) is 5.38. The van der Waals surface area contributed by atoms with Crippen molar-refractivity contribution in [2.45, 2.75) is 32.1 Å². The molecule has 4 rings (SSSR count). The number of piperidine rings is 1. The topological polar surface area (TPSA) is 107 Å². The Morgan fingerprint density at radius 1 is 1.18 bits per heavy atom. The minimum atomic E-state index is -0.879. The van der Waals surface area contributed by atoms with Crippen LogP contribution in [0.5, 0.6) is 0 Å². The molecule has 0 bridgehead atoms. The third kappa shape index (κ3) is 3.62. The van der Waals surface area contributed by atoms with Gasteiger partial charge in [-0.3, -0.25) is 19.4 Å². The highest BCUT2D eigenvalue weighted by Crippen LogP contribution is 2.30. The molecule has 2 aromatic rings. The Morgan fingerprint density at radius 3 is 2.61 bits per heavy atom. The van der Waals surface area contributed by atoms with Gasteiger partial charge in [-0.1, -0.05) is 25.1 Å². The summed E-state index contributed by atoms with van der Waals surface area (Å²) in [6.45, 7) is 3.81. The van der Waals surface area contributed by atoms with Crippen molar-refractivity contribution in [1.82, 2.24) is 9.97 Å². The molecular formula is C20H23N5O3. The summed E-state index contributed by atoms with van der Waals surface area (Å²) in [5.41, 5.74) is 0.442. The predicted octanol–water partition coefficient (Wildman–Crippen LogP) is 2.07. The molecule has 2 aliphatic rings. The maximum absolute atomic E-state index is 12.8. The number of hydrogen-bond acceptors (Lipinski definition) is 5. The molecule has 1 atom stereocenters. The second kappa shape index (κ2) is 7.46. The van der Waals surface area contributed by atoms with Crippen LogP contribution in [0.2, 0.25) is 0 Å². The van der Waals surface area contributed by atoms with Crippen LogP contribution < -0.4 is 21.1 Å². The van der Waals surface area contributed by atoms with Crippen LogP contribution in [0, 0.1) is 5.92 Å². The van der Waals surface area contributed by atoms with Gasteiger partial charge in [-0.15, -0.1) is 0 Å². The first-order valence-corrected chi connectivity index (χ1v) is 9.56. The zero-order valence-electron chi connectivity index (χ0n) is 15.7. The molecule has 0 unspecified atom stereocenters. The first-order valence-electron chi connectivity index (χ1n) is 9.56. The SMILES string of the molecule is CC1CCN(c2nc3c(c(=O)[nH]2)[C@H](C(=O)Nc2ccccc2)CC(=O)N3)CC1. The number of fused-ring (bicyclic) bond motifs is 1. The van der Waals surface area contributed by atoms with Gasteiger partial charge < -0.3 is 15.5 Å². The zero-order valence-corrected chi connectivity index (χ0v) is 15.7. The molecule has 3 N–H and O–H groups in total. The number of rotatable bonds is 3. The molecular weight excluding hydrogens is 358 g/mol. The van der Waals surface area contributed by atoms with Crippen LogP contribution in [0.25, 0.3) is 0 Å². The van der Waals surface area contributed by atoms with Crippen LogP contribution in [0.3, 0.4) is 0 Å². The van der Waals surface area contributed by atoms with E-state index in [1.165, 1.54) is 0 Å². The highest BCUT2D eigenvalue weighted by atomic mass is 16.2. The number of nitrogens with zero attached hydrogens (tertiary/aromatic N) is 2. The van der Waals surface area contributed by atoms with Crippen LogP contribution >= 0.6 is 0 Å². The molecule has 2 aliphatic heterocycles. The molecule has 1 aromatic carbocycles. The Labute approximate surface area is 162 Å². The van der Waals surface area contributed by atoms with Gasteiger partial charge in [0.2, 0.25) is 17.8 Å². The maximum Gasteiger partial charge on any atom is 0.258 e. The maximum atomic E-state index is 12.8. The van der Waals surface area contributed by atoms with Gasteiger partial charge in [0.1, 0.15) is 5.82 Å². The van der Waals surface area contributed by atoms with E-state index >= 15 is 0 Å². The fourth-order valence-corrected chi connectivity index (χ4v) is 3.70. The van der Waals surface area contributed by atoms with Crippen LogP contribution in [0.15, 0.2) is 35.1 Å². The summed E-state index contributed by atoms with van der Waals surface area (Å²) in [6.07, 6.45) is 1.96. The predicted molar refractivity (Wildman–Crippen MR) is 107 cm³/mol. The Balaban J connectivity index is 1.63. The Morgan fingerprint density at radius 2 is 1.89 bits per heavy atom. The lowest BCUT2D eigenvalue weighted by Gasteiger charge is -2.31. The van der Waals surface area contributed by atoms with Gasteiger partial charge in [0.05, 0.1) is 11.5 Å². The highest BCUT2D eigenvalue weighted by Gasteiger charge is 2.35. The normalized spacial score (nSPS) is 19.7. The van der Waals surface area contributed by atoms with Gasteiger partial charge in [-0.25, -0.2) is 0 Å². The van der Waals surface area contributed by atoms with Crippen molar-refractivity contribution < 1.29 is 9.59 Å². The lowest BCUT2D eigenvalue weighted by molar-refractivity contribution is -0.123. The molecule has 8 heteroatoms. The second-order valence-corrected chi connectivity index (χ2v) is 7.48. The van der Waals surface area contributed by atoms with E-state index in [0.29, 0.717) is 17.6 Å². The molecule has 0 radical (unpaired) electrons. The minimum Gasteiger partial charge on any atom is -0.342 e. The number of carbonyl (C=O) groups is 2. The molecule has 0 aliphatic carbocycles. The lowest BCUT2D eigenvalue weighted by atomic mass is 9.92. The van der Waals surface area contributed by atoms with E-state index in [-0.39, 0.29) is 29.3 Å². The molecule has 3 heterocycles. The van der Waals surface area contributed by atoms with Crippen molar-refractivity contribution in [3.8, 4) is 0 Å². The molecule has 1 aromatic heterocycles. The summed E-state index contributed by atoms with van der Waals surface area (Å²) in [5, 5.41) is 5.43. The van der Waals surface area contributed by atoms with E-state index in [4.69, 9.17) is 0 Å². The van der Waals surface area contributed by atoms with Crippen molar-refractivity contribution in [3.63, 3.8) is 0 Å². The van der Waals surface area contributed by atoms with E-state index in [2.05, 4.69) is 27.5 Å². The number of aromatic amines is 1. The van der Waals surface area contributed by atoms with Gasteiger partial charge in [0.25, 0.3) is 5.56 Å². The van der Waals surface area contributed by atoms with Gasteiger partial charge in [0, 0.05) is 25.2 Å². The molecule has 8 nitrogen and oxygen atoms in total. The third-order valence-electron chi connectivity index (χ3n) is 5.38. The summed E-state index contributed by atoms with van der Waals surface area (Å²) in [6, 6.07) is 8.96. The fraction of sp³-hybridized carbons (Fsp3) is 0.400. The van der Waals surface area contributed by atoms with Crippen molar-refractivity contribution in [2.75, 3.05) is 28.6 Å². The fourth-order valence-electron chi connectivity index (χ4n) is 3.70. The van der Waals surface area contributed by atoms with Gasteiger partial charge in [-0.2, -0.15) is 4.98 Å². The second-order valence-electron chi connectivity index (χ2n) is 7.48. The number of benzene rings is 1. The average molecular weight is 381 g/mol. The van der Waals surface area contributed by atoms with Gasteiger partial charge in [0.15, 0.2) is 0 Å². The molecule has 28 heavy (non-hydrogen) atoms. The molecule has 146 valence electrons. The minimum absolute atomic E-state index is 0.0863. The van der Waals surface area contributed by atoms with Crippen LogP contribution in [0.4, 0.5) is 17.5 Å². The van der Waals surface area contributed by atoms with E-state index in [1.54, 1.807) is 24.3 Å². The monoisotopic (exact) mass is 381 g/mol. The zero-order chi connectivity index (χ0) is 19.7. The van der Waals surface area contributed by atoms with E-state index in [1.807, 2.05) is 11.0 Å². The smallest absolute Gasteiger partial charge is 0.258 e. The van der Waals surface area contributed by atoms with E-state index in [0.717, 1.165) is 25.9 Å². The summed E-state index contributed by atoms with van der Waals surface area (Å²) in [7, 11) is 0. The molecule has 2 amide bonds. The highest BCUT2D eigenvalue weighted by molar-refractivity contribution is 6.04. The Kier molecular flexibility index (Phi) is 4.85. The molecule has 1 saturated heterocycles. The number of nitrogens with one attached hydrogen (secondary N) is 3. The average Bonchev–Trinajstić information content (AvgIpc) is 2.68. The first-order chi connectivity index (χ1) is 13.5. The first kappa shape index (κ1) is 18.2. The number of carbonyl (C=O) groups excluding carboxylic acids is 2. The van der Waals surface area contributed by atoms with Crippen LogP contribution in [0.1, 0.15) is 37.7 Å². The standard InChI is InChI=1S/C20H23N5O3/c1-12-7-9-25(10-8-12)20-23-17-16(19(28)24-20)14(11-15(26)22-17)18(27)21-13-5-3-2-4-6-13/h2-6,12,14H,7-11H2,1H3,(H,21,27)(H2,22,23,24,26,28)/t14-/m1/s1. The summed E-state index contributed by atoms with van der Waals surface area (Å²) >= 11 is 0. The number of para-hydroxylation sites is 1. The number of hydrogen-bond donors (Lipinski definition) is 3. The Bertz CT molecular complexity index is 948. The van der Waals surface area contributed by atoms with Gasteiger partial charge >= 0.3 is 0 Å². The molecule has 0 saturated carbocycles. The van der Waals surface area contributed by atoms with Crippen molar-refractivity contribution in [1.29, 1.82) is 0 Å². The number of amides is 2. The quantitative estimate of drug-likeness (QED) is 0.754. The van der Waals surface area contributed by atoms with Gasteiger partial charge in [-0.05, 0) is 30.9 Å². The number of H-pyrrole nitrogens is 1. The lowest BCUT2D eigenvalue weighted by Crippen LogP contribution is -2.39. The summed E-state index contributed by atoms with van der Waals surface area (Å²) in [5.74, 6) is -0.324. The summed E-state index contributed by atoms with van der Waals surface area (Å²) in [4.78, 5) is 47.1. The van der Waals surface area contributed by atoms with E-state index < -0.39 is 11.8 Å². The van der Waals surface area contributed by atoms with Crippen LogP contribution in [-0.4, -0.2) is 34.9 Å². The molecule has 0 spiro atoms. The van der Waals surface area contributed by atoms with Crippen molar-refractivity contribution in [3.05, 3.63) is 46.2 Å². The Hall–Kier alpha value is -3.16. The molecule has 1 fully saturated rings. The van der Waals surface area contributed by atoms with Crippen LogP contribution in [-0.2, 0) is 9.59 Å². The number of anilines is 3. The van der Waals surface area contributed by atoms with E-state index in [9.17, 15) is 14.4 Å². The number of aromatic nitrogens is 2.